The number of aliphatic hydroxyl groups is 1. The van der Waals surface area contributed by atoms with E-state index in [9.17, 15) is 9.59 Å². The van der Waals surface area contributed by atoms with Crippen LogP contribution in [0.4, 0.5) is 4.79 Å². The first-order valence-electron chi connectivity index (χ1n) is 8.62. The Bertz CT molecular complexity index is 548. The lowest BCUT2D eigenvalue weighted by molar-refractivity contribution is -0.146. The van der Waals surface area contributed by atoms with Crippen molar-refractivity contribution in [3.8, 4) is 0 Å². The highest BCUT2D eigenvalue weighted by molar-refractivity contribution is 7.09. The van der Waals surface area contributed by atoms with E-state index in [1.54, 1.807) is 18.4 Å². The van der Waals surface area contributed by atoms with E-state index in [1.165, 1.54) is 4.90 Å². The van der Waals surface area contributed by atoms with Crippen LogP contribution in [0.5, 0.6) is 0 Å². The highest BCUT2D eigenvalue weighted by Gasteiger charge is 2.23. The Morgan fingerprint density at radius 2 is 2.16 bits per heavy atom. The van der Waals surface area contributed by atoms with E-state index in [0.29, 0.717) is 19.1 Å². The second-order valence-electron chi connectivity index (χ2n) is 6.22. The number of aromatic nitrogens is 1. The molecule has 0 saturated heterocycles. The zero-order chi connectivity index (χ0) is 18.8. The molecule has 142 valence electrons. The number of hydrogen-bond donors (Lipinski definition) is 2. The summed E-state index contributed by atoms with van der Waals surface area (Å²) in [5.41, 5.74) is 0.815. The lowest BCUT2D eigenvalue weighted by atomic mass is 10.2. The number of rotatable bonds is 10. The van der Waals surface area contributed by atoms with Crippen LogP contribution in [0.2, 0.25) is 0 Å². The number of nitrogens with one attached hydrogen (secondary N) is 1. The number of urea groups is 1. The van der Waals surface area contributed by atoms with Gasteiger partial charge in [-0.25, -0.2) is 14.6 Å². The molecular weight excluding hydrogens is 342 g/mol. The molecule has 1 rings (SSSR count). The average Bonchev–Trinajstić information content (AvgIpc) is 3.03. The Labute approximate surface area is 153 Å². The predicted octanol–water partition coefficient (Wildman–Crippen LogP) is 2.50. The number of hydrogen-bond acceptors (Lipinski definition) is 6. The van der Waals surface area contributed by atoms with E-state index in [-0.39, 0.29) is 13.0 Å². The Morgan fingerprint density at radius 1 is 1.44 bits per heavy atom. The number of unbranched alkanes of at least 4 members (excludes halogenated alkanes) is 1. The Kier molecular flexibility index (Phi) is 9.44. The Balaban J connectivity index is 2.57. The molecule has 25 heavy (non-hydrogen) atoms. The van der Waals surface area contributed by atoms with E-state index in [1.807, 2.05) is 12.3 Å². The molecule has 0 aliphatic carbocycles. The fourth-order valence-electron chi connectivity index (χ4n) is 2.03. The topological polar surface area (TPSA) is 91.8 Å². The van der Waals surface area contributed by atoms with Gasteiger partial charge in [0.05, 0.1) is 23.9 Å². The number of esters is 1. The summed E-state index contributed by atoms with van der Waals surface area (Å²) < 4.78 is 5.13. The molecule has 0 bridgehead atoms. The average molecular weight is 372 g/mol. The van der Waals surface area contributed by atoms with Gasteiger partial charge >= 0.3 is 12.0 Å². The first-order chi connectivity index (χ1) is 11.9. The molecule has 1 heterocycles. The zero-order valence-corrected chi connectivity index (χ0v) is 16.3. The van der Waals surface area contributed by atoms with Crippen molar-refractivity contribution in [3.05, 3.63) is 16.1 Å². The summed E-state index contributed by atoms with van der Waals surface area (Å²) >= 11 is 1.57. The molecule has 0 aliphatic heterocycles. The molecule has 0 aromatic carbocycles. The molecular formula is C17H29N3O4S. The van der Waals surface area contributed by atoms with Crippen LogP contribution in [0, 0.1) is 0 Å². The van der Waals surface area contributed by atoms with Crippen LogP contribution in [-0.4, -0.2) is 53.3 Å². The summed E-state index contributed by atoms with van der Waals surface area (Å²) in [5.74, 6) is -0.162. The number of nitrogens with zero attached hydrogens (tertiary/aromatic N) is 2. The maximum absolute atomic E-state index is 12.3. The van der Waals surface area contributed by atoms with Crippen LogP contribution >= 0.6 is 11.3 Å². The van der Waals surface area contributed by atoms with Crippen molar-refractivity contribution >= 4 is 23.3 Å². The summed E-state index contributed by atoms with van der Waals surface area (Å²) in [5, 5.41) is 14.7. The van der Waals surface area contributed by atoms with Gasteiger partial charge in [-0.1, -0.05) is 27.2 Å². The van der Waals surface area contributed by atoms with Crippen molar-refractivity contribution in [2.24, 2.45) is 0 Å². The van der Waals surface area contributed by atoms with Gasteiger partial charge in [0.2, 0.25) is 0 Å². The molecule has 7 nitrogen and oxygen atoms in total. The van der Waals surface area contributed by atoms with Crippen LogP contribution < -0.4 is 5.32 Å². The van der Waals surface area contributed by atoms with Gasteiger partial charge in [0.1, 0.15) is 6.04 Å². The van der Waals surface area contributed by atoms with Gasteiger partial charge < -0.3 is 20.1 Å². The molecule has 0 fully saturated rings. The standard InChI is InChI=1S/C17H29N3O4S/c1-5-6-9-24-16(22)14(7-8-21)19-17(23)20(4)10-13-11-25-15(18-13)12(2)3/h11-12,14,21H,5-10H2,1-4H3,(H,19,23)/t14-/m0/s1. The third kappa shape index (κ3) is 7.39. The second-order valence-corrected chi connectivity index (χ2v) is 7.11. The quantitative estimate of drug-likeness (QED) is 0.487. The summed E-state index contributed by atoms with van der Waals surface area (Å²) in [6.45, 7) is 6.61. The van der Waals surface area contributed by atoms with Crippen molar-refractivity contribution in [2.75, 3.05) is 20.3 Å². The van der Waals surface area contributed by atoms with Crippen LogP contribution in [0.3, 0.4) is 0 Å². The minimum atomic E-state index is -0.849. The number of carbonyl (C=O) groups is 2. The Hall–Kier alpha value is -1.67. The van der Waals surface area contributed by atoms with Crippen LogP contribution in [0.1, 0.15) is 56.7 Å². The van der Waals surface area contributed by atoms with Crippen molar-refractivity contribution in [3.63, 3.8) is 0 Å². The van der Waals surface area contributed by atoms with Gasteiger partial charge in [-0.3, -0.25) is 0 Å². The molecule has 2 N–H and O–H groups in total. The zero-order valence-electron chi connectivity index (χ0n) is 15.4. The Morgan fingerprint density at radius 3 is 2.72 bits per heavy atom. The highest BCUT2D eigenvalue weighted by Crippen LogP contribution is 2.19. The maximum Gasteiger partial charge on any atom is 0.328 e. The van der Waals surface area contributed by atoms with E-state index < -0.39 is 18.0 Å². The first-order valence-corrected chi connectivity index (χ1v) is 9.50. The van der Waals surface area contributed by atoms with Gasteiger partial charge in [-0.2, -0.15) is 0 Å². The normalized spacial score (nSPS) is 12.1. The van der Waals surface area contributed by atoms with E-state index in [0.717, 1.165) is 23.5 Å². The molecule has 1 aromatic heterocycles. The monoisotopic (exact) mass is 371 g/mol. The smallest absolute Gasteiger partial charge is 0.328 e. The predicted molar refractivity (Wildman–Crippen MR) is 97.6 cm³/mol. The summed E-state index contributed by atoms with van der Waals surface area (Å²) in [6.07, 6.45) is 1.81. The maximum atomic E-state index is 12.3. The summed E-state index contributed by atoms with van der Waals surface area (Å²) in [4.78, 5) is 30.3. The third-order valence-corrected chi connectivity index (χ3v) is 4.75. The van der Waals surface area contributed by atoms with Crippen molar-refractivity contribution in [1.82, 2.24) is 15.2 Å². The fourth-order valence-corrected chi connectivity index (χ4v) is 2.86. The molecule has 0 saturated carbocycles. The van der Waals surface area contributed by atoms with E-state index in [4.69, 9.17) is 9.84 Å². The van der Waals surface area contributed by atoms with Gasteiger partial charge in [-0.05, 0) is 6.42 Å². The second kappa shape index (κ2) is 11.0. The fraction of sp³-hybridized carbons (Fsp3) is 0.706. The minimum Gasteiger partial charge on any atom is -0.464 e. The van der Waals surface area contributed by atoms with Gasteiger partial charge in [0.15, 0.2) is 0 Å². The van der Waals surface area contributed by atoms with Gasteiger partial charge in [-0.15, -0.1) is 11.3 Å². The largest absolute Gasteiger partial charge is 0.464 e. The van der Waals surface area contributed by atoms with Crippen LogP contribution in [0.25, 0.3) is 0 Å². The number of carbonyl (C=O) groups excluding carboxylic acids is 2. The number of thiazole rings is 1. The third-order valence-electron chi connectivity index (χ3n) is 3.55. The molecule has 8 heteroatoms. The minimum absolute atomic E-state index is 0.124. The number of amides is 2. The van der Waals surface area contributed by atoms with Gasteiger partial charge in [0.25, 0.3) is 0 Å². The van der Waals surface area contributed by atoms with E-state index >= 15 is 0 Å². The molecule has 1 aromatic rings. The SMILES string of the molecule is CCCCOC(=O)[C@H](CCO)NC(=O)N(C)Cc1csc(C(C)C)n1. The lowest BCUT2D eigenvalue weighted by Crippen LogP contribution is -2.47. The van der Waals surface area contributed by atoms with Crippen molar-refractivity contribution in [1.29, 1.82) is 0 Å². The highest BCUT2D eigenvalue weighted by atomic mass is 32.1. The van der Waals surface area contributed by atoms with E-state index in [2.05, 4.69) is 24.1 Å². The molecule has 0 radical (unpaired) electrons. The molecule has 2 amide bonds. The van der Waals surface area contributed by atoms with Crippen LogP contribution in [0.15, 0.2) is 5.38 Å². The molecule has 1 atom stereocenters. The van der Waals surface area contributed by atoms with Crippen molar-refractivity contribution in [2.45, 2.75) is 58.5 Å². The summed E-state index contributed by atoms with van der Waals surface area (Å²) in [6, 6.07) is -1.25. The number of aliphatic hydroxyl groups excluding tert-OH is 1. The number of ether oxygens (including phenoxy) is 1. The van der Waals surface area contributed by atoms with Crippen molar-refractivity contribution < 1.29 is 19.4 Å². The molecule has 0 aliphatic rings. The molecule has 0 spiro atoms. The molecule has 0 unspecified atom stereocenters. The first kappa shape index (κ1) is 21.4. The van der Waals surface area contributed by atoms with Gasteiger partial charge in [0, 0.05) is 31.4 Å². The lowest BCUT2D eigenvalue weighted by Gasteiger charge is -2.21. The summed E-state index contributed by atoms with van der Waals surface area (Å²) in [7, 11) is 1.64. The van der Waals surface area contributed by atoms with Crippen LogP contribution in [-0.2, 0) is 16.1 Å².